The van der Waals surface area contributed by atoms with Gasteiger partial charge in [0.05, 0.1) is 15.5 Å². The largest absolute Gasteiger partial charge is 0.436 e. The molecule has 0 bridgehead atoms. The quantitative estimate of drug-likeness (QED) is 0.241. The van der Waals surface area contributed by atoms with E-state index in [1.807, 2.05) is 0 Å². The van der Waals surface area contributed by atoms with E-state index < -0.39 is 22.5 Å². The maximum atomic E-state index is 13.6. The van der Waals surface area contributed by atoms with Crippen LogP contribution < -0.4 is 5.32 Å². The van der Waals surface area contributed by atoms with E-state index in [2.05, 4.69) is 10.3 Å². The Bertz CT molecular complexity index is 1370. The monoisotopic (exact) mass is 443 g/mol. The van der Waals surface area contributed by atoms with E-state index in [1.165, 1.54) is 37.3 Å². The lowest BCUT2D eigenvalue weighted by Crippen LogP contribution is -2.14. The highest BCUT2D eigenvalue weighted by Gasteiger charge is 2.19. The number of amides is 1. The van der Waals surface area contributed by atoms with Crippen molar-refractivity contribution in [3.63, 3.8) is 0 Å². The first kappa shape index (κ1) is 20.4. The number of rotatable bonds is 4. The van der Waals surface area contributed by atoms with Crippen molar-refractivity contribution < 1.29 is 22.9 Å². The molecule has 31 heavy (non-hydrogen) atoms. The Kier molecular flexibility index (Phi) is 5.12. The molecule has 0 aliphatic carbocycles. The van der Waals surface area contributed by atoms with Crippen LogP contribution in [0, 0.1) is 28.7 Å². The van der Waals surface area contributed by atoms with E-state index in [1.54, 1.807) is 6.07 Å². The smallest absolute Gasteiger partial charge is 0.273 e. The van der Waals surface area contributed by atoms with Crippen molar-refractivity contribution >= 4 is 40.0 Å². The van der Waals surface area contributed by atoms with Gasteiger partial charge in [0.2, 0.25) is 5.89 Å². The number of benzene rings is 3. The molecule has 10 heteroatoms. The minimum atomic E-state index is -1.10. The molecule has 4 aromatic rings. The van der Waals surface area contributed by atoms with Gasteiger partial charge in [-0.1, -0.05) is 17.7 Å². The van der Waals surface area contributed by atoms with Crippen molar-refractivity contribution in [2.75, 3.05) is 5.32 Å². The van der Waals surface area contributed by atoms with Crippen LogP contribution in [0.3, 0.4) is 0 Å². The van der Waals surface area contributed by atoms with Crippen LogP contribution >= 0.6 is 11.6 Å². The normalized spacial score (nSPS) is 11.0. The highest BCUT2D eigenvalue weighted by atomic mass is 35.5. The second-order valence-electron chi connectivity index (χ2n) is 6.61. The number of nitro groups is 1. The van der Waals surface area contributed by atoms with E-state index in [-0.39, 0.29) is 33.3 Å². The molecule has 1 amide bonds. The summed E-state index contributed by atoms with van der Waals surface area (Å²) in [5, 5.41) is 13.7. The molecule has 4 rings (SSSR count). The van der Waals surface area contributed by atoms with Crippen molar-refractivity contribution in [2.45, 2.75) is 6.92 Å². The standard InChI is InChI=1S/C21H12ClF2N3O4/c1-10-12(3-2-4-18(10)27(29)30)20(28)25-11-5-6-19-17(7-11)26-21(31-19)13-8-15(23)16(24)9-14(13)22/h2-9H,1H3,(H,25,28). The number of oxazole rings is 1. The maximum absolute atomic E-state index is 13.6. The topological polar surface area (TPSA) is 98.3 Å². The maximum Gasteiger partial charge on any atom is 0.273 e. The number of hydrogen-bond donors (Lipinski definition) is 1. The Morgan fingerprint density at radius 3 is 2.65 bits per heavy atom. The second kappa shape index (κ2) is 7.77. The van der Waals surface area contributed by atoms with Crippen molar-refractivity contribution in [1.82, 2.24) is 4.98 Å². The van der Waals surface area contributed by atoms with E-state index in [0.29, 0.717) is 16.8 Å². The van der Waals surface area contributed by atoms with Crippen LogP contribution in [0.4, 0.5) is 20.2 Å². The lowest BCUT2D eigenvalue weighted by Gasteiger charge is -2.07. The summed E-state index contributed by atoms with van der Waals surface area (Å²) in [6.45, 7) is 1.49. The first-order valence-corrected chi connectivity index (χ1v) is 9.23. The van der Waals surface area contributed by atoms with Gasteiger partial charge in [-0.25, -0.2) is 13.8 Å². The van der Waals surface area contributed by atoms with Crippen LogP contribution in [0.5, 0.6) is 0 Å². The van der Waals surface area contributed by atoms with Crippen LogP contribution in [-0.4, -0.2) is 15.8 Å². The first-order chi connectivity index (χ1) is 14.7. The third-order valence-electron chi connectivity index (χ3n) is 4.63. The predicted molar refractivity (Wildman–Crippen MR) is 110 cm³/mol. The van der Waals surface area contributed by atoms with Gasteiger partial charge in [0.25, 0.3) is 11.6 Å². The van der Waals surface area contributed by atoms with Gasteiger partial charge in [-0.3, -0.25) is 14.9 Å². The number of hydrogen-bond acceptors (Lipinski definition) is 5. The molecule has 1 heterocycles. The van der Waals surface area contributed by atoms with Gasteiger partial charge in [-0.2, -0.15) is 0 Å². The van der Waals surface area contributed by atoms with Crippen molar-refractivity contribution in [2.24, 2.45) is 0 Å². The van der Waals surface area contributed by atoms with Crippen molar-refractivity contribution in [1.29, 1.82) is 0 Å². The lowest BCUT2D eigenvalue weighted by molar-refractivity contribution is -0.385. The Labute approximate surface area is 178 Å². The zero-order valence-electron chi connectivity index (χ0n) is 15.8. The number of carbonyl (C=O) groups excluding carboxylic acids is 1. The summed E-state index contributed by atoms with van der Waals surface area (Å²) in [5.41, 5.74) is 1.35. The first-order valence-electron chi connectivity index (χ1n) is 8.85. The summed E-state index contributed by atoms with van der Waals surface area (Å²) in [7, 11) is 0. The van der Waals surface area contributed by atoms with E-state index in [9.17, 15) is 23.7 Å². The number of nitro benzene ring substituents is 1. The van der Waals surface area contributed by atoms with Gasteiger partial charge >= 0.3 is 0 Å². The number of nitrogens with zero attached hydrogens (tertiary/aromatic N) is 2. The zero-order chi connectivity index (χ0) is 22.3. The molecule has 1 N–H and O–H groups in total. The van der Waals surface area contributed by atoms with Crippen molar-refractivity contribution in [3.05, 3.63) is 86.4 Å². The van der Waals surface area contributed by atoms with E-state index in [4.69, 9.17) is 16.0 Å². The molecule has 0 unspecified atom stereocenters. The molecule has 0 saturated carbocycles. The fraction of sp³-hybridized carbons (Fsp3) is 0.0476. The summed E-state index contributed by atoms with van der Waals surface area (Å²) >= 11 is 5.97. The zero-order valence-corrected chi connectivity index (χ0v) is 16.5. The molecular weight excluding hydrogens is 432 g/mol. The second-order valence-corrected chi connectivity index (χ2v) is 7.02. The molecular formula is C21H12ClF2N3O4. The minimum absolute atomic E-state index is 0.0168. The number of fused-ring (bicyclic) bond motifs is 1. The molecule has 0 spiro atoms. The van der Waals surface area contributed by atoms with Crippen LogP contribution in [-0.2, 0) is 0 Å². The summed E-state index contributed by atoms with van der Waals surface area (Å²) in [6.07, 6.45) is 0. The lowest BCUT2D eigenvalue weighted by atomic mass is 10.1. The SMILES string of the molecule is Cc1c(C(=O)Nc2ccc3oc(-c4cc(F)c(F)cc4Cl)nc3c2)cccc1[N+](=O)[O-]. The van der Waals surface area contributed by atoms with Crippen molar-refractivity contribution in [3.8, 4) is 11.5 Å². The number of halogens is 3. The average Bonchev–Trinajstić information content (AvgIpc) is 3.13. The van der Waals surface area contributed by atoms with Gasteiger partial charge in [-0.15, -0.1) is 0 Å². The Hall–Kier alpha value is -3.85. The third-order valence-corrected chi connectivity index (χ3v) is 4.95. The van der Waals surface area contributed by atoms with E-state index in [0.717, 1.165) is 12.1 Å². The fourth-order valence-electron chi connectivity index (χ4n) is 3.07. The fourth-order valence-corrected chi connectivity index (χ4v) is 3.30. The predicted octanol–water partition coefficient (Wildman–Crippen LogP) is 5.90. The molecule has 0 aliphatic heterocycles. The van der Waals surface area contributed by atoms with Gasteiger partial charge < -0.3 is 9.73 Å². The highest BCUT2D eigenvalue weighted by molar-refractivity contribution is 6.33. The van der Waals surface area contributed by atoms with Crippen LogP contribution in [0.15, 0.2) is 52.9 Å². The highest BCUT2D eigenvalue weighted by Crippen LogP contribution is 2.32. The number of carbonyl (C=O) groups is 1. The number of nitrogens with one attached hydrogen (secondary N) is 1. The van der Waals surface area contributed by atoms with Crippen LogP contribution in [0.1, 0.15) is 15.9 Å². The molecule has 0 radical (unpaired) electrons. The molecule has 1 aromatic heterocycles. The number of anilines is 1. The van der Waals surface area contributed by atoms with Crippen LogP contribution in [0.2, 0.25) is 5.02 Å². The Morgan fingerprint density at radius 2 is 1.90 bits per heavy atom. The third kappa shape index (κ3) is 3.82. The molecule has 3 aromatic carbocycles. The van der Waals surface area contributed by atoms with Crippen LogP contribution in [0.25, 0.3) is 22.6 Å². The van der Waals surface area contributed by atoms with Gasteiger partial charge in [0, 0.05) is 22.9 Å². The summed E-state index contributed by atoms with van der Waals surface area (Å²) in [5.74, 6) is -2.74. The van der Waals surface area contributed by atoms with Gasteiger partial charge in [0.15, 0.2) is 17.2 Å². The summed E-state index contributed by atoms with van der Waals surface area (Å²) in [6, 6.07) is 10.5. The Balaban J connectivity index is 1.65. The summed E-state index contributed by atoms with van der Waals surface area (Å²) in [4.78, 5) is 27.4. The Morgan fingerprint density at radius 1 is 1.16 bits per heavy atom. The van der Waals surface area contributed by atoms with Gasteiger partial charge in [0.1, 0.15) is 5.52 Å². The molecule has 0 saturated heterocycles. The van der Waals surface area contributed by atoms with Gasteiger partial charge in [-0.05, 0) is 43.3 Å². The average molecular weight is 444 g/mol. The molecule has 0 atom stereocenters. The minimum Gasteiger partial charge on any atom is -0.436 e. The molecule has 7 nitrogen and oxygen atoms in total. The molecule has 0 aliphatic rings. The van der Waals surface area contributed by atoms with E-state index >= 15 is 0 Å². The molecule has 0 fully saturated rings. The number of aromatic nitrogens is 1. The molecule has 156 valence electrons. The summed E-state index contributed by atoms with van der Waals surface area (Å²) < 4.78 is 32.5.